The first kappa shape index (κ1) is 28.7. The third-order valence-corrected chi connectivity index (χ3v) is 6.98. The van der Waals surface area contributed by atoms with Crippen LogP contribution in [0.15, 0.2) is 84.9 Å². The molecule has 3 aromatic rings. The number of aliphatic carboxylic acids is 1. The van der Waals surface area contributed by atoms with Gasteiger partial charge in [-0.05, 0) is 54.3 Å². The van der Waals surface area contributed by atoms with Crippen LogP contribution in [0.5, 0.6) is 5.75 Å². The van der Waals surface area contributed by atoms with Crippen molar-refractivity contribution >= 4 is 18.1 Å². The first-order valence-electron chi connectivity index (χ1n) is 12.9. The van der Waals surface area contributed by atoms with E-state index in [1.165, 1.54) is 12.1 Å². The molecule has 2 atom stereocenters. The number of ether oxygens (including phenoxy) is 1. The summed E-state index contributed by atoms with van der Waals surface area (Å²) in [6.07, 6.45) is 0.318. The lowest BCUT2D eigenvalue weighted by molar-refractivity contribution is -0.153. The van der Waals surface area contributed by atoms with Gasteiger partial charge in [-0.15, -0.1) is 0 Å². The number of carbonyl (C=O) groups is 2. The fourth-order valence-corrected chi connectivity index (χ4v) is 4.62. The summed E-state index contributed by atoms with van der Waals surface area (Å²) in [6, 6.07) is 21.0. The molecule has 1 aliphatic heterocycles. The summed E-state index contributed by atoms with van der Waals surface area (Å²) in [5.74, 6) is -0.567. The predicted molar refractivity (Wildman–Crippen MR) is 146 cm³/mol. The van der Waals surface area contributed by atoms with Gasteiger partial charge in [-0.25, -0.2) is 9.59 Å². The lowest BCUT2D eigenvalue weighted by Crippen LogP contribution is -2.43. The molecule has 0 saturated carbocycles. The largest absolute Gasteiger partial charge is 0.478 e. The van der Waals surface area contributed by atoms with Crippen LogP contribution in [0.1, 0.15) is 35.6 Å². The quantitative estimate of drug-likeness (QED) is 0.311. The molecule has 2 unspecified atom stereocenters. The Morgan fingerprint density at radius 2 is 1.62 bits per heavy atom. The molecule has 1 saturated heterocycles. The topological polar surface area (TPSA) is 70.1 Å². The van der Waals surface area contributed by atoms with Gasteiger partial charge in [0, 0.05) is 26.6 Å². The molecule has 0 radical (unpaired) electrons. The predicted octanol–water partition coefficient (Wildman–Crippen LogP) is 6.51. The highest BCUT2D eigenvalue weighted by Gasteiger charge is 2.36. The fourth-order valence-electron chi connectivity index (χ4n) is 4.62. The Kier molecular flexibility index (Phi) is 8.52. The monoisotopic (exact) mass is 552 g/mol. The van der Waals surface area contributed by atoms with E-state index < -0.39 is 23.3 Å². The van der Waals surface area contributed by atoms with Crippen molar-refractivity contribution in [3.63, 3.8) is 0 Å². The van der Waals surface area contributed by atoms with Gasteiger partial charge in [0.1, 0.15) is 5.75 Å². The van der Waals surface area contributed by atoms with Crippen molar-refractivity contribution in [2.24, 2.45) is 0 Å². The van der Waals surface area contributed by atoms with Gasteiger partial charge in [-0.1, -0.05) is 66.7 Å². The van der Waals surface area contributed by atoms with Gasteiger partial charge < -0.3 is 19.6 Å². The van der Waals surface area contributed by atoms with E-state index in [4.69, 9.17) is 4.74 Å². The fraction of sp³-hybridized carbons (Fsp3) is 0.290. The van der Waals surface area contributed by atoms with E-state index in [0.717, 1.165) is 23.3 Å². The number of urea groups is 1. The van der Waals surface area contributed by atoms with Crippen LogP contribution in [0.25, 0.3) is 6.08 Å². The number of carbonyl (C=O) groups excluding carboxylic acids is 1. The van der Waals surface area contributed by atoms with E-state index in [1.54, 1.807) is 48.0 Å². The molecule has 0 aromatic heterocycles. The van der Waals surface area contributed by atoms with Crippen molar-refractivity contribution in [2.75, 3.05) is 13.6 Å². The number of amides is 2. The number of rotatable bonds is 10. The highest BCUT2D eigenvalue weighted by molar-refractivity contribution is 5.78. The van der Waals surface area contributed by atoms with Crippen molar-refractivity contribution in [1.29, 1.82) is 0 Å². The SMILES string of the molecule is CN1C(=O)N(Cc2ccc(C(F)(F)F)cc2)CC1CC=Cc1ccc(CC(C)(Oc2ccccc2)C(=O)O)cc1. The zero-order valence-corrected chi connectivity index (χ0v) is 22.3. The van der Waals surface area contributed by atoms with Crippen LogP contribution < -0.4 is 4.74 Å². The number of nitrogens with zero attached hydrogens (tertiary/aromatic N) is 2. The second-order valence-electron chi connectivity index (χ2n) is 10.1. The Morgan fingerprint density at radius 1 is 1.00 bits per heavy atom. The number of carboxylic acid groups (broad SMARTS) is 1. The maximum Gasteiger partial charge on any atom is 0.416 e. The number of alkyl halides is 3. The van der Waals surface area contributed by atoms with Gasteiger partial charge in [-0.2, -0.15) is 13.2 Å². The summed E-state index contributed by atoms with van der Waals surface area (Å²) < 4.78 is 44.2. The molecule has 1 N–H and O–H groups in total. The van der Waals surface area contributed by atoms with Crippen LogP contribution in [0.2, 0.25) is 0 Å². The zero-order valence-electron chi connectivity index (χ0n) is 22.3. The van der Waals surface area contributed by atoms with E-state index in [2.05, 4.69) is 0 Å². The number of para-hydroxylation sites is 1. The minimum Gasteiger partial charge on any atom is -0.478 e. The molecule has 1 aliphatic rings. The maximum atomic E-state index is 12.8. The first-order chi connectivity index (χ1) is 18.9. The Bertz CT molecular complexity index is 1340. The van der Waals surface area contributed by atoms with Crippen LogP contribution in [0, 0.1) is 0 Å². The molecule has 2 amide bonds. The Morgan fingerprint density at radius 3 is 2.23 bits per heavy atom. The molecule has 210 valence electrons. The Hall–Kier alpha value is -4.27. The van der Waals surface area contributed by atoms with Crippen molar-refractivity contribution in [3.8, 4) is 5.75 Å². The normalized spacial score (nSPS) is 17.3. The third-order valence-electron chi connectivity index (χ3n) is 6.98. The number of likely N-dealkylation sites (N-methyl/N-ethyl adjacent to an activating group) is 1. The van der Waals surface area contributed by atoms with Crippen LogP contribution in [0.3, 0.4) is 0 Å². The third kappa shape index (κ3) is 7.02. The summed E-state index contributed by atoms with van der Waals surface area (Å²) in [7, 11) is 1.72. The summed E-state index contributed by atoms with van der Waals surface area (Å²) >= 11 is 0. The molecule has 9 heteroatoms. The van der Waals surface area contributed by atoms with Gasteiger partial charge in [-0.3, -0.25) is 0 Å². The minimum absolute atomic E-state index is 0.0659. The summed E-state index contributed by atoms with van der Waals surface area (Å²) in [5.41, 5.74) is 0.244. The molecular formula is C31H31F3N2O4. The number of halogens is 3. The van der Waals surface area contributed by atoms with E-state index in [0.29, 0.717) is 24.3 Å². The maximum absolute atomic E-state index is 12.8. The van der Waals surface area contributed by atoms with Crippen LogP contribution in [-0.4, -0.2) is 52.1 Å². The highest BCUT2D eigenvalue weighted by atomic mass is 19.4. The number of hydrogen-bond donors (Lipinski definition) is 1. The lowest BCUT2D eigenvalue weighted by Gasteiger charge is -2.26. The van der Waals surface area contributed by atoms with Crippen molar-refractivity contribution in [3.05, 3.63) is 107 Å². The lowest BCUT2D eigenvalue weighted by atomic mass is 9.95. The molecule has 0 aliphatic carbocycles. The molecule has 4 rings (SSSR count). The number of hydrogen-bond acceptors (Lipinski definition) is 3. The van der Waals surface area contributed by atoms with Crippen molar-refractivity contribution < 1.29 is 32.6 Å². The number of benzene rings is 3. The van der Waals surface area contributed by atoms with Crippen molar-refractivity contribution in [1.82, 2.24) is 9.80 Å². The van der Waals surface area contributed by atoms with Gasteiger partial charge in [0.2, 0.25) is 5.60 Å². The molecule has 0 bridgehead atoms. The van der Waals surface area contributed by atoms with Crippen LogP contribution in [-0.2, 0) is 23.9 Å². The van der Waals surface area contributed by atoms with Crippen molar-refractivity contribution in [2.45, 2.75) is 44.1 Å². The molecule has 40 heavy (non-hydrogen) atoms. The zero-order chi connectivity index (χ0) is 28.9. The summed E-state index contributed by atoms with van der Waals surface area (Å²) in [4.78, 5) is 28.0. The Labute approximate surface area is 231 Å². The second kappa shape index (κ2) is 11.9. The van der Waals surface area contributed by atoms with E-state index in [9.17, 15) is 27.9 Å². The van der Waals surface area contributed by atoms with E-state index >= 15 is 0 Å². The van der Waals surface area contributed by atoms with Gasteiger partial charge in [0.05, 0.1) is 11.6 Å². The standard InChI is InChI=1S/C31H31F3N2O4/c1-30(28(37)38,40-27-9-4-3-5-10-27)19-23-13-11-22(12-14-23)7-6-8-26-21-36(29(39)35(26)2)20-24-15-17-25(18-16-24)31(32,33)34/h3-7,9-18,26H,8,19-21H2,1-2H3,(H,37,38). The average Bonchev–Trinajstić information content (AvgIpc) is 3.17. The molecule has 0 spiro atoms. The summed E-state index contributed by atoms with van der Waals surface area (Å²) in [5, 5.41) is 9.80. The van der Waals surface area contributed by atoms with Gasteiger partial charge in [0.25, 0.3) is 0 Å². The molecule has 1 heterocycles. The van der Waals surface area contributed by atoms with Gasteiger partial charge in [0.15, 0.2) is 0 Å². The van der Waals surface area contributed by atoms with E-state index in [1.807, 2.05) is 42.5 Å². The number of carboxylic acids is 1. The van der Waals surface area contributed by atoms with Gasteiger partial charge >= 0.3 is 18.2 Å². The first-order valence-corrected chi connectivity index (χ1v) is 12.9. The molecule has 6 nitrogen and oxygen atoms in total. The summed E-state index contributed by atoms with van der Waals surface area (Å²) in [6.45, 7) is 2.26. The highest BCUT2D eigenvalue weighted by Crippen LogP contribution is 2.30. The molecule has 3 aromatic carbocycles. The van der Waals surface area contributed by atoms with Crippen LogP contribution >= 0.6 is 0 Å². The van der Waals surface area contributed by atoms with E-state index in [-0.39, 0.29) is 25.0 Å². The molecular weight excluding hydrogens is 521 g/mol. The minimum atomic E-state index is -4.39. The average molecular weight is 553 g/mol. The molecule has 1 fully saturated rings. The smallest absolute Gasteiger partial charge is 0.416 e. The second-order valence-corrected chi connectivity index (χ2v) is 10.1. The van der Waals surface area contributed by atoms with Crippen LogP contribution in [0.4, 0.5) is 18.0 Å². The Balaban J connectivity index is 1.32.